The summed E-state index contributed by atoms with van der Waals surface area (Å²) >= 11 is 0. The van der Waals surface area contributed by atoms with Crippen LogP contribution < -0.4 is 5.73 Å². The molecule has 2 fully saturated rings. The number of amides is 1. The number of rotatable bonds is 2. The Hall–Kier alpha value is -0.570. The van der Waals surface area contributed by atoms with Gasteiger partial charge in [0, 0.05) is 25.6 Å². The molecular formula is C11H20N2O. The molecule has 0 atom stereocenters. The number of nitrogens with two attached hydrogens (primary N) is 1. The van der Waals surface area contributed by atoms with E-state index in [4.69, 9.17) is 5.73 Å². The van der Waals surface area contributed by atoms with Gasteiger partial charge in [0.2, 0.25) is 5.91 Å². The van der Waals surface area contributed by atoms with Gasteiger partial charge < -0.3 is 10.6 Å². The van der Waals surface area contributed by atoms with Crippen LogP contribution in [0.5, 0.6) is 0 Å². The summed E-state index contributed by atoms with van der Waals surface area (Å²) < 4.78 is 0. The van der Waals surface area contributed by atoms with Crippen LogP contribution in [0.2, 0.25) is 0 Å². The molecule has 3 heteroatoms. The van der Waals surface area contributed by atoms with Crippen molar-refractivity contribution in [1.82, 2.24) is 4.90 Å². The van der Waals surface area contributed by atoms with Crippen molar-refractivity contribution in [2.45, 2.75) is 44.6 Å². The predicted molar refractivity (Wildman–Crippen MR) is 55.7 cm³/mol. The van der Waals surface area contributed by atoms with Crippen LogP contribution in [0.1, 0.15) is 38.5 Å². The van der Waals surface area contributed by atoms with E-state index >= 15 is 0 Å². The normalized spacial score (nSPS) is 24.8. The molecule has 3 nitrogen and oxygen atoms in total. The largest absolute Gasteiger partial charge is 0.339 e. The Morgan fingerprint density at radius 2 is 1.86 bits per heavy atom. The van der Waals surface area contributed by atoms with E-state index in [9.17, 15) is 4.79 Å². The fourth-order valence-electron chi connectivity index (χ4n) is 2.48. The molecule has 1 aliphatic heterocycles. The van der Waals surface area contributed by atoms with Crippen LogP contribution >= 0.6 is 0 Å². The molecule has 1 saturated carbocycles. The molecule has 0 aromatic rings. The van der Waals surface area contributed by atoms with Crippen LogP contribution in [0.3, 0.4) is 0 Å². The molecular weight excluding hydrogens is 176 g/mol. The van der Waals surface area contributed by atoms with Crippen molar-refractivity contribution in [3.05, 3.63) is 0 Å². The first kappa shape index (κ1) is 9.97. The van der Waals surface area contributed by atoms with E-state index in [1.807, 2.05) is 4.90 Å². The third-order valence-corrected chi connectivity index (χ3v) is 3.45. The minimum absolute atomic E-state index is 0.241. The zero-order valence-corrected chi connectivity index (χ0v) is 8.74. The standard InChI is InChI=1S/C11H20N2O/c12-10-7-13(8-10)11(14)6-9-4-2-1-3-5-9/h9-10H,1-8,12H2. The summed E-state index contributed by atoms with van der Waals surface area (Å²) in [4.78, 5) is 13.6. The van der Waals surface area contributed by atoms with Crippen molar-refractivity contribution in [2.75, 3.05) is 13.1 Å². The molecule has 2 rings (SSSR count). The van der Waals surface area contributed by atoms with E-state index in [1.165, 1.54) is 32.1 Å². The third-order valence-electron chi connectivity index (χ3n) is 3.45. The monoisotopic (exact) mass is 196 g/mol. The number of nitrogens with zero attached hydrogens (tertiary/aromatic N) is 1. The van der Waals surface area contributed by atoms with Crippen molar-refractivity contribution >= 4 is 5.91 Å². The molecule has 1 heterocycles. The zero-order valence-electron chi connectivity index (χ0n) is 8.74. The van der Waals surface area contributed by atoms with E-state index in [1.54, 1.807) is 0 Å². The Morgan fingerprint density at radius 1 is 1.21 bits per heavy atom. The lowest BCUT2D eigenvalue weighted by molar-refractivity contribution is -0.136. The van der Waals surface area contributed by atoms with Gasteiger partial charge in [0.1, 0.15) is 0 Å². The second-order valence-corrected chi connectivity index (χ2v) is 4.77. The Kier molecular flexibility index (Phi) is 3.06. The molecule has 0 spiro atoms. The summed E-state index contributed by atoms with van der Waals surface area (Å²) in [7, 11) is 0. The van der Waals surface area contributed by atoms with E-state index in [-0.39, 0.29) is 6.04 Å². The average Bonchev–Trinajstić information content (AvgIpc) is 2.14. The Labute approximate surface area is 85.6 Å². The number of carbonyl (C=O) groups excluding carboxylic acids is 1. The van der Waals surface area contributed by atoms with E-state index in [2.05, 4.69) is 0 Å². The maximum absolute atomic E-state index is 11.7. The van der Waals surface area contributed by atoms with Gasteiger partial charge in [0.05, 0.1) is 0 Å². The van der Waals surface area contributed by atoms with Crippen molar-refractivity contribution in [3.8, 4) is 0 Å². The Bertz CT molecular complexity index is 205. The highest BCUT2D eigenvalue weighted by molar-refractivity contribution is 5.77. The molecule has 2 aliphatic rings. The highest BCUT2D eigenvalue weighted by atomic mass is 16.2. The smallest absolute Gasteiger partial charge is 0.222 e. The highest BCUT2D eigenvalue weighted by Gasteiger charge is 2.29. The van der Waals surface area contributed by atoms with E-state index in [0.29, 0.717) is 11.8 Å². The quantitative estimate of drug-likeness (QED) is 0.719. The van der Waals surface area contributed by atoms with Crippen LogP contribution in [0.25, 0.3) is 0 Å². The van der Waals surface area contributed by atoms with Gasteiger partial charge in [-0.2, -0.15) is 0 Å². The van der Waals surface area contributed by atoms with Gasteiger partial charge in [-0.1, -0.05) is 19.3 Å². The molecule has 0 aromatic heterocycles. The second-order valence-electron chi connectivity index (χ2n) is 4.77. The first-order chi connectivity index (χ1) is 6.75. The highest BCUT2D eigenvalue weighted by Crippen LogP contribution is 2.27. The first-order valence-corrected chi connectivity index (χ1v) is 5.79. The summed E-state index contributed by atoms with van der Waals surface area (Å²) in [6.07, 6.45) is 7.28. The van der Waals surface area contributed by atoms with E-state index in [0.717, 1.165) is 19.5 Å². The van der Waals surface area contributed by atoms with Crippen LogP contribution in [0, 0.1) is 5.92 Å². The van der Waals surface area contributed by atoms with Crippen molar-refractivity contribution < 1.29 is 4.79 Å². The zero-order chi connectivity index (χ0) is 9.97. The average molecular weight is 196 g/mol. The van der Waals surface area contributed by atoms with Crippen molar-refractivity contribution in [2.24, 2.45) is 11.7 Å². The minimum Gasteiger partial charge on any atom is -0.339 e. The van der Waals surface area contributed by atoms with Gasteiger partial charge in [-0.05, 0) is 18.8 Å². The number of hydrogen-bond acceptors (Lipinski definition) is 2. The summed E-state index contributed by atoms with van der Waals surface area (Å²) in [6, 6.07) is 0.241. The Balaban J connectivity index is 1.71. The molecule has 1 amide bonds. The van der Waals surface area contributed by atoms with Crippen LogP contribution in [-0.2, 0) is 4.79 Å². The number of hydrogen-bond donors (Lipinski definition) is 1. The fraction of sp³-hybridized carbons (Fsp3) is 0.909. The maximum Gasteiger partial charge on any atom is 0.222 e. The lowest BCUT2D eigenvalue weighted by atomic mass is 9.86. The minimum atomic E-state index is 0.241. The summed E-state index contributed by atoms with van der Waals surface area (Å²) in [6.45, 7) is 1.57. The molecule has 14 heavy (non-hydrogen) atoms. The fourth-order valence-corrected chi connectivity index (χ4v) is 2.48. The number of likely N-dealkylation sites (tertiary alicyclic amines) is 1. The SMILES string of the molecule is NC1CN(C(=O)CC2CCCCC2)C1. The molecule has 80 valence electrons. The topological polar surface area (TPSA) is 46.3 Å². The summed E-state index contributed by atoms with van der Waals surface area (Å²) in [5.74, 6) is 0.992. The van der Waals surface area contributed by atoms with Gasteiger partial charge in [-0.25, -0.2) is 0 Å². The first-order valence-electron chi connectivity index (χ1n) is 5.79. The van der Waals surface area contributed by atoms with Crippen molar-refractivity contribution in [1.29, 1.82) is 0 Å². The molecule has 1 aliphatic carbocycles. The third kappa shape index (κ3) is 2.27. The van der Waals surface area contributed by atoms with Gasteiger partial charge in [0.25, 0.3) is 0 Å². The molecule has 1 saturated heterocycles. The van der Waals surface area contributed by atoms with Crippen LogP contribution in [0.4, 0.5) is 0 Å². The number of carbonyl (C=O) groups is 1. The summed E-state index contributed by atoms with van der Waals surface area (Å²) in [5, 5.41) is 0. The molecule has 2 N–H and O–H groups in total. The lowest BCUT2D eigenvalue weighted by Crippen LogP contribution is -2.58. The van der Waals surface area contributed by atoms with E-state index < -0.39 is 0 Å². The molecule has 0 radical (unpaired) electrons. The van der Waals surface area contributed by atoms with Gasteiger partial charge in [0.15, 0.2) is 0 Å². The second kappa shape index (κ2) is 4.30. The van der Waals surface area contributed by atoms with Gasteiger partial charge >= 0.3 is 0 Å². The predicted octanol–water partition coefficient (Wildman–Crippen LogP) is 1.13. The summed E-state index contributed by atoms with van der Waals surface area (Å²) in [5.41, 5.74) is 5.65. The molecule has 0 aromatic carbocycles. The van der Waals surface area contributed by atoms with Gasteiger partial charge in [-0.15, -0.1) is 0 Å². The lowest BCUT2D eigenvalue weighted by Gasteiger charge is -2.38. The van der Waals surface area contributed by atoms with Crippen LogP contribution in [0.15, 0.2) is 0 Å². The molecule has 0 bridgehead atoms. The molecule has 0 unspecified atom stereocenters. The van der Waals surface area contributed by atoms with Crippen LogP contribution in [-0.4, -0.2) is 29.9 Å². The van der Waals surface area contributed by atoms with Gasteiger partial charge in [-0.3, -0.25) is 4.79 Å². The Morgan fingerprint density at radius 3 is 2.43 bits per heavy atom. The maximum atomic E-state index is 11.7. The van der Waals surface area contributed by atoms with Crippen molar-refractivity contribution in [3.63, 3.8) is 0 Å².